The fourth-order valence-corrected chi connectivity index (χ4v) is 0.853. The Labute approximate surface area is 102 Å². The molecule has 3 heteroatoms. The first-order chi connectivity index (χ1) is 8.20. The van der Waals surface area contributed by atoms with E-state index < -0.39 is 6.10 Å². The number of carbonyl (C=O) groups is 1. The lowest BCUT2D eigenvalue weighted by Crippen LogP contribution is -1.98. The Morgan fingerprint density at radius 1 is 1.53 bits per heavy atom. The van der Waals surface area contributed by atoms with Crippen molar-refractivity contribution in [2.45, 2.75) is 25.4 Å². The maximum atomic E-state index is 10.7. The lowest BCUT2D eigenvalue weighted by molar-refractivity contribution is -0.368. The van der Waals surface area contributed by atoms with Crippen LogP contribution in [-0.2, 0) is 9.22 Å². The standard InChI is InChI=1S/C14H15O3/c1-3-10-13(15)11-8-6-4-5-7-9-12-14(16)17-2/h1,4,6,8,11,13,15H,2,9-10,12H2/q+1/b6-4+,11-8+. The van der Waals surface area contributed by atoms with E-state index in [1.807, 2.05) is 0 Å². The van der Waals surface area contributed by atoms with Crippen LogP contribution in [0.4, 0.5) is 0 Å². The number of rotatable bonds is 5. The number of terminal acetylenes is 1. The molecule has 3 nitrogen and oxygen atoms in total. The first-order valence-corrected chi connectivity index (χ1v) is 5.08. The lowest BCUT2D eigenvalue weighted by atomic mass is 10.2. The van der Waals surface area contributed by atoms with E-state index in [-0.39, 0.29) is 12.4 Å². The van der Waals surface area contributed by atoms with Gasteiger partial charge in [0, 0.05) is 17.6 Å². The van der Waals surface area contributed by atoms with Gasteiger partial charge in [0.1, 0.15) is 6.42 Å². The molecule has 0 spiro atoms. The molecule has 0 rings (SSSR count). The Balaban J connectivity index is 3.81. The molecule has 0 aromatic heterocycles. The van der Waals surface area contributed by atoms with Gasteiger partial charge in [-0.2, -0.15) is 0 Å². The summed E-state index contributed by atoms with van der Waals surface area (Å²) in [5.74, 6) is 7.48. The van der Waals surface area contributed by atoms with Crippen molar-refractivity contribution in [1.82, 2.24) is 0 Å². The van der Waals surface area contributed by atoms with Gasteiger partial charge in [-0.15, -0.1) is 12.3 Å². The van der Waals surface area contributed by atoms with Crippen LogP contribution in [0, 0.1) is 24.2 Å². The molecular formula is C14H15O3+. The molecule has 0 fully saturated rings. The van der Waals surface area contributed by atoms with Crippen LogP contribution < -0.4 is 0 Å². The highest BCUT2D eigenvalue weighted by molar-refractivity contribution is 5.66. The van der Waals surface area contributed by atoms with Gasteiger partial charge in [0.2, 0.25) is 0 Å². The highest BCUT2D eigenvalue weighted by Gasteiger charge is 2.08. The van der Waals surface area contributed by atoms with Crippen LogP contribution in [0.1, 0.15) is 19.3 Å². The normalized spacial score (nSPS) is 11.8. The molecule has 0 saturated heterocycles. The number of carbonyl (C=O) groups excluding carboxylic acids is 2. The minimum absolute atomic E-state index is 0.237. The van der Waals surface area contributed by atoms with E-state index in [1.54, 1.807) is 24.3 Å². The molecule has 17 heavy (non-hydrogen) atoms. The molecule has 0 aromatic rings. The van der Waals surface area contributed by atoms with Gasteiger partial charge in [0.15, 0.2) is 6.79 Å². The van der Waals surface area contributed by atoms with Crippen LogP contribution in [0.2, 0.25) is 0 Å². The molecule has 0 bridgehead atoms. The summed E-state index contributed by atoms with van der Waals surface area (Å²) in [6.07, 6.45) is 11.9. The van der Waals surface area contributed by atoms with Crippen LogP contribution in [0.25, 0.3) is 0 Å². The minimum Gasteiger partial charge on any atom is -0.388 e. The average molecular weight is 231 g/mol. The Morgan fingerprint density at radius 2 is 2.29 bits per heavy atom. The Kier molecular flexibility index (Phi) is 9.13. The van der Waals surface area contributed by atoms with E-state index in [4.69, 9.17) is 6.42 Å². The second-order valence-corrected chi connectivity index (χ2v) is 3.06. The van der Waals surface area contributed by atoms with Crippen molar-refractivity contribution in [1.29, 1.82) is 0 Å². The maximum absolute atomic E-state index is 10.7. The first-order valence-electron chi connectivity index (χ1n) is 5.08. The molecule has 0 aliphatic rings. The van der Waals surface area contributed by atoms with Crippen molar-refractivity contribution in [2.24, 2.45) is 0 Å². The molecule has 0 heterocycles. The zero-order valence-corrected chi connectivity index (χ0v) is 9.56. The number of hydrogen-bond donors (Lipinski definition) is 1. The molecule has 0 aliphatic heterocycles. The van der Waals surface area contributed by atoms with E-state index in [0.717, 1.165) is 0 Å². The molecule has 0 aliphatic carbocycles. The molecule has 88 valence electrons. The van der Waals surface area contributed by atoms with Crippen LogP contribution in [0.15, 0.2) is 24.3 Å². The predicted molar refractivity (Wildman–Crippen MR) is 66.9 cm³/mol. The molecule has 1 atom stereocenters. The third kappa shape index (κ3) is 10.2. The topological polar surface area (TPSA) is 48.6 Å². The van der Waals surface area contributed by atoms with Crippen molar-refractivity contribution in [2.75, 3.05) is 0 Å². The summed E-state index contributed by atoms with van der Waals surface area (Å²) in [4.78, 5) is 10.7. The number of aliphatic hydroxyl groups excluding tert-OH is 1. The van der Waals surface area contributed by atoms with Crippen LogP contribution in [0.3, 0.4) is 0 Å². The van der Waals surface area contributed by atoms with Gasteiger partial charge >= 0.3 is 5.97 Å². The third-order valence-corrected chi connectivity index (χ3v) is 1.67. The summed E-state index contributed by atoms with van der Waals surface area (Å²) < 4.78 is 4.21. The average Bonchev–Trinajstić information content (AvgIpc) is 2.32. The molecule has 1 unspecified atom stereocenters. The van der Waals surface area contributed by atoms with E-state index >= 15 is 0 Å². The van der Waals surface area contributed by atoms with Crippen LogP contribution >= 0.6 is 0 Å². The summed E-state index contributed by atoms with van der Waals surface area (Å²) in [7, 11) is 0. The maximum Gasteiger partial charge on any atom is 0.580 e. The van der Waals surface area contributed by atoms with Gasteiger partial charge < -0.3 is 5.11 Å². The smallest absolute Gasteiger partial charge is 0.388 e. The van der Waals surface area contributed by atoms with Crippen molar-refractivity contribution in [3.8, 4) is 24.2 Å². The summed E-state index contributed by atoms with van der Waals surface area (Å²) in [6.45, 7) is 3.00. The second-order valence-electron chi connectivity index (χ2n) is 3.06. The van der Waals surface area contributed by atoms with Crippen molar-refractivity contribution in [3.63, 3.8) is 0 Å². The Hall–Kier alpha value is -2.10. The van der Waals surface area contributed by atoms with Crippen molar-refractivity contribution >= 4 is 12.8 Å². The highest BCUT2D eigenvalue weighted by Crippen LogP contribution is 1.91. The monoisotopic (exact) mass is 231 g/mol. The molecular weight excluding hydrogens is 216 g/mol. The molecule has 0 saturated carbocycles. The molecule has 0 amide bonds. The van der Waals surface area contributed by atoms with Gasteiger partial charge in [-0.3, -0.25) is 4.42 Å². The fourth-order valence-electron chi connectivity index (χ4n) is 0.853. The Bertz CT molecular complexity index is 399. The fraction of sp³-hybridized carbons (Fsp3) is 0.286. The van der Waals surface area contributed by atoms with Gasteiger partial charge in [-0.1, -0.05) is 30.1 Å². The van der Waals surface area contributed by atoms with Crippen LogP contribution in [-0.4, -0.2) is 24.0 Å². The summed E-state index contributed by atoms with van der Waals surface area (Å²) in [5.41, 5.74) is 0. The van der Waals surface area contributed by atoms with Gasteiger partial charge in [-0.25, -0.2) is 0 Å². The van der Waals surface area contributed by atoms with Crippen molar-refractivity contribution < 1.29 is 14.3 Å². The van der Waals surface area contributed by atoms with Gasteiger partial charge in [0.05, 0.1) is 6.10 Å². The van der Waals surface area contributed by atoms with Crippen LogP contribution in [0.5, 0.6) is 0 Å². The molecule has 0 radical (unpaired) electrons. The number of hydrogen-bond acceptors (Lipinski definition) is 2. The van der Waals surface area contributed by atoms with E-state index in [2.05, 4.69) is 29.0 Å². The number of allylic oxidation sites excluding steroid dienone is 3. The van der Waals surface area contributed by atoms with Gasteiger partial charge in [0.25, 0.3) is 0 Å². The van der Waals surface area contributed by atoms with Gasteiger partial charge in [-0.05, 0) is 6.08 Å². The quantitative estimate of drug-likeness (QED) is 0.438. The second kappa shape index (κ2) is 10.4. The van der Waals surface area contributed by atoms with Crippen molar-refractivity contribution in [3.05, 3.63) is 24.3 Å². The predicted octanol–water partition coefficient (Wildman–Crippen LogP) is 1.16. The number of aliphatic hydroxyl groups is 1. The highest BCUT2D eigenvalue weighted by atomic mass is 16.4. The largest absolute Gasteiger partial charge is 0.580 e. The third-order valence-electron chi connectivity index (χ3n) is 1.67. The Morgan fingerprint density at radius 3 is 2.94 bits per heavy atom. The summed E-state index contributed by atoms with van der Waals surface area (Å²) >= 11 is 0. The summed E-state index contributed by atoms with van der Waals surface area (Å²) in [5, 5.41) is 9.22. The van der Waals surface area contributed by atoms with E-state index in [1.165, 1.54) is 0 Å². The van der Waals surface area contributed by atoms with E-state index in [0.29, 0.717) is 12.8 Å². The lowest BCUT2D eigenvalue weighted by Gasteiger charge is -1.95. The first kappa shape index (κ1) is 14.9. The molecule has 1 N–H and O–H groups in total. The zero-order valence-electron chi connectivity index (χ0n) is 9.56. The van der Waals surface area contributed by atoms with E-state index in [9.17, 15) is 9.90 Å². The SMILES string of the molecule is C#CCC(O)/C=C/C=C/C#CCCC(=O)[O+]=C. The molecule has 0 aromatic carbocycles. The minimum atomic E-state index is -0.621. The summed E-state index contributed by atoms with van der Waals surface area (Å²) in [6, 6.07) is 0. The zero-order chi connectivity index (χ0) is 12.9.